The minimum absolute atomic E-state index is 0.800. The van der Waals surface area contributed by atoms with E-state index in [1.807, 2.05) is 12.1 Å². The lowest BCUT2D eigenvalue weighted by atomic mass is 9.78. The summed E-state index contributed by atoms with van der Waals surface area (Å²) in [6.07, 6.45) is 8.45. The Morgan fingerprint density at radius 1 is 1.16 bits per heavy atom. The van der Waals surface area contributed by atoms with Crippen LogP contribution in [0.5, 0.6) is 0 Å². The van der Waals surface area contributed by atoms with Gasteiger partial charge in [-0.2, -0.15) is 0 Å². The van der Waals surface area contributed by atoms with Crippen LogP contribution in [0.2, 0.25) is 0 Å². The number of halogens is 1. The summed E-state index contributed by atoms with van der Waals surface area (Å²) < 4.78 is 1.16. The van der Waals surface area contributed by atoms with Crippen LogP contribution in [0, 0.1) is 5.92 Å². The maximum absolute atomic E-state index is 6.15. The van der Waals surface area contributed by atoms with Gasteiger partial charge in [-0.15, -0.1) is 0 Å². The molecule has 0 bridgehead atoms. The van der Waals surface area contributed by atoms with E-state index in [2.05, 4.69) is 26.9 Å². The second kappa shape index (κ2) is 5.84. The highest BCUT2D eigenvalue weighted by Crippen LogP contribution is 2.37. The fraction of sp³-hybridized carbons (Fsp3) is 0.625. The second-order valence-corrected chi connectivity index (χ2v) is 6.89. The van der Waals surface area contributed by atoms with E-state index < -0.39 is 0 Å². The van der Waals surface area contributed by atoms with E-state index in [4.69, 9.17) is 5.73 Å². The first-order valence-corrected chi connectivity index (χ1v) is 8.32. The van der Waals surface area contributed by atoms with Crippen molar-refractivity contribution in [3.05, 3.63) is 28.2 Å². The van der Waals surface area contributed by atoms with Gasteiger partial charge >= 0.3 is 0 Å². The van der Waals surface area contributed by atoms with Gasteiger partial charge in [0.1, 0.15) is 0 Å². The molecule has 2 atom stereocenters. The van der Waals surface area contributed by atoms with E-state index in [9.17, 15) is 0 Å². The Morgan fingerprint density at radius 2 is 1.95 bits per heavy atom. The van der Waals surface area contributed by atoms with Gasteiger partial charge in [-0.25, -0.2) is 0 Å². The number of fused-ring (bicyclic) bond motifs is 1. The topological polar surface area (TPSA) is 29.3 Å². The van der Waals surface area contributed by atoms with Gasteiger partial charge in [-0.05, 0) is 50.3 Å². The zero-order valence-corrected chi connectivity index (χ0v) is 13.0. The van der Waals surface area contributed by atoms with Crippen LogP contribution in [-0.4, -0.2) is 17.5 Å². The average molecular weight is 323 g/mol. The molecule has 1 heterocycles. The number of nitrogen functional groups attached to an aromatic ring is 1. The van der Waals surface area contributed by atoms with Crippen molar-refractivity contribution in [1.82, 2.24) is 4.90 Å². The van der Waals surface area contributed by atoms with E-state index in [0.717, 1.165) is 28.7 Å². The van der Waals surface area contributed by atoms with E-state index in [1.54, 1.807) is 0 Å². The predicted molar refractivity (Wildman–Crippen MR) is 83.9 cm³/mol. The molecule has 3 rings (SSSR count). The van der Waals surface area contributed by atoms with E-state index in [0.29, 0.717) is 0 Å². The molecule has 3 heteroatoms. The number of nitrogens with two attached hydrogens (primary N) is 1. The third kappa shape index (κ3) is 2.82. The summed E-state index contributed by atoms with van der Waals surface area (Å²) in [5, 5.41) is 0. The summed E-state index contributed by atoms with van der Waals surface area (Å²) in [6, 6.07) is 6.94. The number of piperidine rings is 1. The molecule has 1 saturated heterocycles. The molecule has 2 nitrogen and oxygen atoms in total. The number of hydrogen-bond donors (Lipinski definition) is 1. The fourth-order valence-corrected chi connectivity index (χ4v) is 4.38. The van der Waals surface area contributed by atoms with Crippen molar-refractivity contribution in [1.29, 1.82) is 0 Å². The van der Waals surface area contributed by atoms with Crippen molar-refractivity contribution >= 4 is 21.6 Å². The van der Waals surface area contributed by atoms with Crippen LogP contribution in [0.4, 0.5) is 5.69 Å². The second-order valence-electron chi connectivity index (χ2n) is 6.03. The molecule has 2 aliphatic rings. The Balaban J connectivity index is 1.78. The Hall–Kier alpha value is -0.540. The lowest BCUT2D eigenvalue weighted by molar-refractivity contribution is 0.0547. The summed E-state index contributed by atoms with van der Waals surface area (Å²) in [5.41, 5.74) is 8.35. The quantitative estimate of drug-likeness (QED) is 0.827. The molecule has 1 saturated carbocycles. The van der Waals surface area contributed by atoms with Gasteiger partial charge < -0.3 is 5.73 Å². The Labute approximate surface area is 124 Å². The SMILES string of the molecule is Nc1cccc(Br)c1CN1CCCC2CCCCC21. The molecule has 1 aliphatic carbocycles. The zero-order chi connectivity index (χ0) is 13.2. The monoisotopic (exact) mass is 322 g/mol. The molecule has 19 heavy (non-hydrogen) atoms. The highest BCUT2D eigenvalue weighted by Gasteiger charge is 2.33. The predicted octanol–water partition coefficient (Wildman–Crippen LogP) is 4.19. The van der Waals surface area contributed by atoms with E-state index >= 15 is 0 Å². The Kier molecular flexibility index (Phi) is 4.13. The number of likely N-dealkylation sites (tertiary alicyclic amines) is 1. The average Bonchev–Trinajstić information content (AvgIpc) is 2.43. The van der Waals surface area contributed by atoms with Gasteiger partial charge in [0.25, 0.3) is 0 Å². The minimum atomic E-state index is 0.800. The van der Waals surface area contributed by atoms with Gasteiger partial charge in [0.15, 0.2) is 0 Å². The highest BCUT2D eigenvalue weighted by atomic mass is 79.9. The number of benzene rings is 1. The number of nitrogens with zero attached hydrogens (tertiary/aromatic N) is 1. The lowest BCUT2D eigenvalue weighted by Crippen LogP contribution is -2.46. The van der Waals surface area contributed by atoms with Crippen molar-refractivity contribution in [2.75, 3.05) is 12.3 Å². The minimum Gasteiger partial charge on any atom is -0.398 e. The van der Waals surface area contributed by atoms with Crippen molar-refractivity contribution in [2.45, 2.75) is 51.1 Å². The molecule has 0 aromatic heterocycles. The van der Waals surface area contributed by atoms with Crippen LogP contribution in [0.25, 0.3) is 0 Å². The van der Waals surface area contributed by atoms with Crippen molar-refractivity contribution < 1.29 is 0 Å². The van der Waals surface area contributed by atoms with Crippen molar-refractivity contribution in [3.8, 4) is 0 Å². The van der Waals surface area contributed by atoms with Crippen LogP contribution in [-0.2, 0) is 6.54 Å². The summed E-state index contributed by atoms with van der Waals surface area (Å²) in [5.74, 6) is 0.936. The molecule has 2 N–H and O–H groups in total. The fourth-order valence-electron chi connectivity index (χ4n) is 3.87. The normalized spacial score (nSPS) is 28.1. The van der Waals surface area contributed by atoms with Crippen LogP contribution >= 0.6 is 15.9 Å². The molecule has 1 aromatic carbocycles. The molecule has 0 spiro atoms. The Bertz CT molecular complexity index is 424. The molecule has 2 unspecified atom stereocenters. The van der Waals surface area contributed by atoms with Crippen LogP contribution < -0.4 is 5.73 Å². The van der Waals surface area contributed by atoms with Gasteiger partial charge in [0, 0.05) is 28.3 Å². The van der Waals surface area contributed by atoms with Crippen molar-refractivity contribution in [2.24, 2.45) is 5.92 Å². The molecule has 0 radical (unpaired) electrons. The van der Waals surface area contributed by atoms with E-state index in [1.165, 1.54) is 50.6 Å². The molecule has 0 amide bonds. The van der Waals surface area contributed by atoms with Gasteiger partial charge in [0.05, 0.1) is 0 Å². The zero-order valence-electron chi connectivity index (χ0n) is 11.4. The first-order valence-electron chi connectivity index (χ1n) is 7.52. The maximum atomic E-state index is 6.15. The third-order valence-corrected chi connectivity index (χ3v) is 5.62. The summed E-state index contributed by atoms with van der Waals surface area (Å²) >= 11 is 3.66. The molecule has 2 fully saturated rings. The smallest absolute Gasteiger partial charge is 0.0371 e. The third-order valence-electron chi connectivity index (χ3n) is 4.87. The molecular formula is C16H23BrN2. The van der Waals surface area contributed by atoms with Crippen LogP contribution in [0.1, 0.15) is 44.1 Å². The van der Waals surface area contributed by atoms with Crippen LogP contribution in [0.3, 0.4) is 0 Å². The summed E-state index contributed by atoms with van der Waals surface area (Å²) in [6.45, 7) is 2.25. The number of rotatable bonds is 2. The van der Waals surface area contributed by atoms with Gasteiger partial charge in [0.2, 0.25) is 0 Å². The molecule has 1 aliphatic heterocycles. The standard InChI is InChI=1S/C16H23BrN2/c17-14-7-3-8-15(18)13(14)11-19-10-4-6-12-5-1-2-9-16(12)19/h3,7-8,12,16H,1-2,4-6,9-11,18H2. The van der Waals surface area contributed by atoms with Crippen LogP contribution in [0.15, 0.2) is 22.7 Å². The first kappa shape index (κ1) is 13.4. The van der Waals surface area contributed by atoms with Gasteiger partial charge in [-0.1, -0.05) is 34.8 Å². The molecule has 1 aromatic rings. The van der Waals surface area contributed by atoms with Crippen molar-refractivity contribution in [3.63, 3.8) is 0 Å². The van der Waals surface area contributed by atoms with Gasteiger partial charge in [-0.3, -0.25) is 4.90 Å². The number of hydrogen-bond acceptors (Lipinski definition) is 2. The maximum Gasteiger partial charge on any atom is 0.0371 e. The number of anilines is 1. The first-order chi connectivity index (χ1) is 9.25. The highest BCUT2D eigenvalue weighted by molar-refractivity contribution is 9.10. The molecule has 104 valence electrons. The lowest BCUT2D eigenvalue weighted by Gasteiger charge is -2.44. The molecular weight excluding hydrogens is 300 g/mol. The summed E-state index contributed by atoms with van der Waals surface area (Å²) in [4.78, 5) is 2.68. The Morgan fingerprint density at radius 3 is 2.79 bits per heavy atom. The largest absolute Gasteiger partial charge is 0.398 e. The van der Waals surface area contributed by atoms with E-state index in [-0.39, 0.29) is 0 Å². The summed E-state index contributed by atoms with van der Waals surface area (Å²) in [7, 11) is 0.